The van der Waals surface area contributed by atoms with Gasteiger partial charge in [0.05, 0.1) is 23.8 Å². The van der Waals surface area contributed by atoms with Gasteiger partial charge in [-0.3, -0.25) is 10.3 Å². The Kier molecular flexibility index (Phi) is 5.79. The lowest BCUT2D eigenvalue weighted by Crippen LogP contribution is -2.19. The fraction of sp³-hybridized carbons (Fsp3) is 0.192. The normalized spacial score (nSPS) is 14.0. The summed E-state index contributed by atoms with van der Waals surface area (Å²) in [6, 6.07) is 17.7. The van der Waals surface area contributed by atoms with E-state index in [0.717, 1.165) is 30.2 Å². The second-order valence-electron chi connectivity index (χ2n) is 8.25. The molecule has 1 atom stereocenters. The molecule has 0 radical (unpaired) electrons. The third-order valence-electron chi connectivity index (χ3n) is 5.81. The molecule has 2 aromatic heterocycles. The van der Waals surface area contributed by atoms with E-state index < -0.39 is 18.0 Å². The van der Waals surface area contributed by atoms with Crippen molar-refractivity contribution in [3.63, 3.8) is 0 Å². The second-order valence-corrected chi connectivity index (χ2v) is 8.25. The largest absolute Gasteiger partial charge is 0.441 e. The number of aromatic nitrogens is 3. The molecular weight excluding hydrogens is 438 g/mol. The minimum atomic E-state index is -0.820. The number of amides is 1. The molecule has 2 heterocycles. The monoisotopic (exact) mass is 460 g/mol. The summed E-state index contributed by atoms with van der Waals surface area (Å²) < 4.78 is 35.6. The van der Waals surface area contributed by atoms with Crippen molar-refractivity contribution in [1.29, 1.82) is 0 Å². The molecule has 1 unspecified atom stereocenters. The van der Waals surface area contributed by atoms with E-state index in [0.29, 0.717) is 22.9 Å². The number of nitrogens with one attached hydrogen (secondary N) is 1. The van der Waals surface area contributed by atoms with E-state index >= 15 is 0 Å². The molecule has 1 aliphatic rings. The van der Waals surface area contributed by atoms with Gasteiger partial charge in [-0.15, -0.1) is 0 Å². The first kappa shape index (κ1) is 21.8. The maximum atomic E-state index is 14.6. The fourth-order valence-corrected chi connectivity index (χ4v) is 3.80. The van der Waals surface area contributed by atoms with Gasteiger partial charge in [-0.1, -0.05) is 36.4 Å². The predicted octanol–water partition coefficient (Wildman–Crippen LogP) is 6.40. The molecule has 172 valence electrons. The molecule has 0 bridgehead atoms. The van der Waals surface area contributed by atoms with Crippen LogP contribution in [0, 0.1) is 11.6 Å². The number of pyridine rings is 1. The molecular formula is C26H22F2N4O2. The standard InChI is InChI=1S/C26H22F2N4O2/c1-16(17-5-3-2-4-6-17)34-26(33)31-25-23(28)15-30-32(25)20-10-12-24(29-14-20)21-11-9-19(13-22(21)27)18-7-8-18/h2-6,9-16,18H,7-8H2,1H3,(H,31,33). The number of carbonyl (C=O) groups is 1. The van der Waals surface area contributed by atoms with E-state index in [9.17, 15) is 13.6 Å². The Hall–Kier alpha value is -4.07. The highest BCUT2D eigenvalue weighted by molar-refractivity contribution is 5.84. The maximum Gasteiger partial charge on any atom is 0.413 e. The number of hydrogen-bond acceptors (Lipinski definition) is 4. The molecule has 1 amide bonds. The van der Waals surface area contributed by atoms with E-state index in [2.05, 4.69) is 15.4 Å². The van der Waals surface area contributed by atoms with Gasteiger partial charge >= 0.3 is 6.09 Å². The van der Waals surface area contributed by atoms with E-state index in [1.807, 2.05) is 36.4 Å². The molecule has 1 saturated carbocycles. The van der Waals surface area contributed by atoms with Crippen LogP contribution in [0.4, 0.5) is 19.4 Å². The van der Waals surface area contributed by atoms with Gasteiger partial charge in [0.25, 0.3) is 0 Å². The summed E-state index contributed by atoms with van der Waals surface area (Å²) >= 11 is 0. The number of halogens is 2. The molecule has 6 nitrogen and oxygen atoms in total. The van der Waals surface area contributed by atoms with Gasteiger partial charge in [0.1, 0.15) is 11.9 Å². The highest BCUT2D eigenvalue weighted by Crippen LogP contribution is 2.41. The van der Waals surface area contributed by atoms with Crippen LogP contribution in [0.15, 0.2) is 73.1 Å². The van der Waals surface area contributed by atoms with E-state index in [4.69, 9.17) is 4.74 Å². The van der Waals surface area contributed by atoms with Crippen LogP contribution in [0.25, 0.3) is 16.9 Å². The fourth-order valence-electron chi connectivity index (χ4n) is 3.80. The van der Waals surface area contributed by atoms with Crippen molar-refractivity contribution in [3.05, 3.63) is 95.8 Å². The van der Waals surface area contributed by atoms with Crippen molar-refractivity contribution in [2.24, 2.45) is 0 Å². The summed E-state index contributed by atoms with van der Waals surface area (Å²) in [5.74, 6) is -0.774. The highest BCUT2D eigenvalue weighted by Gasteiger charge is 2.24. The quantitative estimate of drug-likeness (QED) is 0.362. The first-order valence-corrected chi connectivity index (χ1v) is 11.0. The molecule has 0 saturated heterocycles. The van der Waals surface area contributed by atoms with Gasteiger partial charge in [0.15, 0.2) is 11.6 Å². The average molecular weight is 460 g/mol. The number of benzene rings is 2. The van der Waals surface area contributed by atoms with Gasteiger partial charge in [-0.25, -0.2) is 18.3 Å². The first-order valence-electron chi connectivity index (χ1n) is 11.0. The first-order chi connectivity index (χ1) is 16.5. The van der Waals surface area contributed by atoms with Crippen molar-refractivity contribution in [2.75, 3.05) is 5.32 Å². The molecule has 8 heteroatoms. The molecule has 1 aliphatic carbocycles. The van der Waals surface area contributed by atoms with Crippen LogP contribution >= 0.6 is 0 Å². The van der Waals surface area contributed by atoms with Crippen molar-refractivity contribution in [2.45, 2.75) is 31.8 Å². The van der Waals surface area contributed by atoms with Crippen LogP contribution in [0.3, 0.4) is 0 Å². The Balaban J connectivity index is 1.32. The lowest BCUT2D eigenvalue weighted by atomic mass is 10.0. The summed E-state index contributed by atoms with van der Waals surface area (Å²) in [7, 11) is 0. The van der Waals surface area contributed by atoms with Crippen molar-refractivity contribution in [3.8, 4) is 16.9 Å². The number of nitrogens with zero attached hydrogens (tertiary/aromatic N) is 3. The molecule has 1 N–H and O–H groups in total. The van der Waals surface area contributed by atoms with E-state index in [-0.39, 0.29) is 11.6 Å². The Morgan fingerprint density at radius 2 is 1.85 bits per heavy atom. The van der Waals surface area contributed by atoms with Gasteiger partial charge in [-0.05, 0) is 61.1 Å². The minimum absolute atomic E-state index is 0.181. The van der Waals surface area contributed by atoms with Crippen LogP contribution in [0.2, 0.25) is 0 Å². The second kappa shape index (κ2) is 9.05. The average Bonchev–Trinajstić information content (AvgIpc) is 3.64. The summed E-state index contributed by atoms with van der Waals surface area (Å²) in [4.78, 5) is 16.7. The van der Waals surface area contributed by atoms with Crippen LogP contribution in [-0.4, -0.2) is 20.9 Å². The third-order valence-corrected chi connectivity index (χ3v) is 5.81. The number of carbonyl (C=O) groups excluding carboxylic acids is 1. The Morgan fingerprint density at radius 3 is 2.53 bits per heavy atom. The molecule has 0 spiro atoms. The Labute approximate surface area is 195 Å². The Bertz CT molecular complexity index is 1320. The van der Waals surface area contributed by atoms with Crippen molar-refractivity contribution >= 4 is 11.9 Å². The van der Waals surface area contributed by atoms with Crippen LogP contribution < -0.4 is 5.32 Å². The zero-order valence-corrected chi connectivity index (χ0v) is 18.4. The van der Waals surface area contributed by atoms with Crippen molar-refractivity contribution in [1.82, 2.24) is 14.8 Å². The SMILES string of the molecule is CC(OC(=O)Nc1c(F)cnn1-c1ccc(-c2ccc(C3CC3)cc2F)nc1)c1ccccc1. The van der Waals surface area contributed by atoms with Gasteiger partial charge in [0.2, 0.25) is 0 Å². The lowest BCUT2D eigenvalue weighted by Gasteiger charge is -2.15. The van der Waals surface area contributed by atoms with E-state index in [1.54, 1.807) is 31.2 Å². The zero-order valence-electron chi connectivity index (χ0n) is 18.4. The summed E-state index contributed by atoms with van der Waals surface area (Å²) in [6.07, 6.45) is 3.28. The molecule has 1 fully saturated rings. The summed E-state index contributed by atoms with van der Waals surface area (Å²) in [6.45, 7) is 1.72. The molecule has 0 aliphatic heterocycles. The third kappa shape index (κ3) is 4.52. The minimum Gasteiger partial charge on any atom is -0.441 e. The molecule has 5 rings (SSSR count). The van der Waals surface area contributed by atoms with Gasteiger partial charge in [-0.2, -0.15) is 5.10 Å². The zero-order chi connectivity index (χ0) is 23.7. The maximum absolute atomic E-state index is 14.6. The highest BCUT2D eigenvalue weighted by atomic mass is 19.1. The Morgan fingerprint density at radius 1 is 1.06 bits per heavy atom. The lowest BCUT2D eigenvalue weighted by molar-refractivity contribution is 0.121. The van der Waals surface area contributed by atoms with Gasteiger partial charge < -0.3 is 4.74 Å². The topological polar surface area (TPSA) is 69.0 Å². The summed E-state index contributed by atoms with van der Waals surface area (Å²) in [5.41, 5.74) is 3.05. The summed E-state index contributed by atoms with van der Waals surface area (Å²) in [5, 5.41) is 6.40. The van der Waals surface area contributed by atoms with Crippen LogP contribution in [0.1, 0.15) is 42.9 Å². The number of hydrogen-bond donors (Lipinski definition) is 1. The van der Waals surface area contributed by atoms with Crippen LogP contribution in [-0.2, 0) is 4.74 Å². The van der Waals surface area contributed by atoms with E-state index in [1.165, 1.54) is 10.9 Å². The number of rotatable bonds is 6. The van der Waals surface area contributed by atoms with Crippen molar-refractivity contribution < 1.29 is 18.3 Å². The number of ether oxygens (including phenoxy) is 1. The predicted molar refractivity (Wildman–Crippen MR) is 124 cm³/mol. The number of anilines is 1. The smallest absolute Gasteiger partial charge is 0.413 e. The molecule has 34 heavy (non-hydrogen) atoms. The molecule has 4 aromatic rings. The molecule has 2 aromatic carbocycles. The van der Waals surface area contributed by atoms with Crippen LogP contribution in [0.5, 0.6) is 0 Å². The van der Waals surface area contributed by atoms with Gasteiger partial charge in [0, 0.05) is 5.56 Å².